The van der Waals surface area contributed by atoms with Gasteiger partial charge in [-0.25, -0.2) is 4.98 Å². The van der Waals surface area contributed by atoms with Crippen LogP contribution in [0, 0.1) is 0 Å². The van der Waals surface area contributed by atoms with Gasteiger partial charge in [-0.1, -0.05) is 6.92 Å². The molecule has 0 bridgehead atoms. The number of nitrogens with zero attached hydrogens (tertiary/aromatic N) is 4. The molecule has 1 aromatic heterocycles. The number of carbonyl (C=O) groups is 1. The van der Waals surface area contributed by atoms with E-state index >= 15 is 0 Å². The molecule has 0 saturated carbocycles. The van der Waals surface area contributed by atoms with Gasteiger partial charge in [0.15, 0.2) is 0 Å². The Labute approximate surface area is 107 Å². The predicted octanol–water partition coefficient (Wildman–Crippen LogP) is 0.269. The molecule has 0 aliphatic carbocycles. The van der Waals surface area contributed by atoms with Gasteiger partial charge in [-0.3, -0.25) is 9.48 Å². The van der Waals surface area contributed by atoms with Crippen molar-refractivity contribution in [2.45, 2.75) is 38.8 Å². The summed E-state index contributed by atoms with van der Waals surface area (Å²) in [5.74, 6) is 0.223. The zero-order chi connectivity index (χ0) is 12.8. The first kappa shape index (κ1) is 13.0. The molecule has 1 aliphatic rings. The van der Waals surface area contributed by atoms with Gasteiger partial charge in [0.25, 0.3) is 0 Å². The zero-order valence-electron chi connectivity index (χ0n) is 10.9. The molecule has 1 aliphatic heterocycles. The van der Waals surface area contributed by atoms with Crippen molar-refractivity contribution < 1.29 is 4.79 Å². The molecule has 1 amide bonds. The Kier molecular flexibility index (Phi) is 4.69. The van der Waals surface area contributed by atoms with Crippen LogP contribution in [-0.4, -0.2) is 51.2 Å². The smallest absolute Gasteiger partial charge is 0.224 e. The summed E-state index contributed by atoms with van der Waals surface area (Å²) in [6.07, 6.45) is 5.71. The van der Waals surface area contributed by atoms with Crippen molar-refractivity contribution in [2.24, 2.45) is 0 Å². The van der Waals surface area contributed by atoms with Gasteiger partial charge in [-0.2, -0.15) is 5.10 Å². The molecule has 2 rings (SSSR count). The van der Waals surface area contributed by atoms with Crippen LogP contribution in [0.4, 0.5) is 0 Å². The van der Waals surface area contributed by atoms with Crippen LogP contribution in [-0.2, 0) is 11.3 Å². The first-order valence-corrected chi connectivity index (χ1v) is 6.64. The van der Waals surface area contributed by atoms with Gasteiger partial charge >= 0.3 is 0 Å². The normalized spacial score (nSPS) is 19.1. The Bertz CT molecular complexity index is 359. The largest absolute Gasteiger partial charge is 0.338 e. The van der Waals surface area contributed by atoms with E-state index in [0.29, 0.717) is 19.0 Å². The molecule has 1 fully saturated rings. The molecule has 6 nitrogen and oxygen atoms in total. The number of hydrogen-bond donors (Lipinski definition) is 1. The second-order valence-electron chi connectivity index (χ2n) is 4.64. The topological polar surface area (TPSA) is 63.1 Å². The maximum Gasteiger partial charge on any atom is 0.224 e. The molecule has 18 heavy (non-hydrogen) atoms. The van der Waals surface area contributed by atoms with Crippen LogP contribution < -0.4 is 5.32 Å². The maximum absolute atomic E-state index is 12.3. The lowest BCUT2D eigenvalue weighted by Crippen LogP contribution is -2.42. The number of nitrogens with one attached hydrogen (secondary N) is 1. The standard InChI is InChI=1S/C12H21N5O/c1-2-6-17(11-3-5-13-8-11)12(18)4-7-16-10-14-9-15-16/h9-11,13H,2-8H2,1H3. The van der Waals surface area contributed by atoms with Crippen LogP contribution in [0.5, 0.6) is 0 Å². The first-order valence-electron chi connectivity index (χ1n) is 6.64. The van der Waals surface area contributed by atoms with Crippen molar-refractivity contribution in [3.05, 3.63) is 12.7 Å². The highest BCUT2D eigenvalue weighted by Crippen LogP contribution is 2.11. The zero-order valence-corrected chi connectivity index (χ0v) is 10.9. The molecule has 1 aromatic rings. The second-order valence-corrected chi connectivity index (χ2v) is 4.64. The van der Waals surface area contributed by atoms with Crippen molar-refractivity contribution in [3.63, 3.8) is 0 Å². The second kappa shape index (κ2) is 6.49. The maximum atomic E-state index is 12.3. The minimum Gasteiger partial charge on any atom is -0.338 e. The quantitative estimate of drug-likeness (QED) is 0.788. The van der Waals surface area contributed by atoms with E-state index < -0.39 is 0 Å². The number of rotatable bonds is 6. The van der Waals surface area contributed by atoms with Crippen molar-refractivity contribution in [2.75, 3.05) is 19.6 Å². The molecule has 1 N–H and O–H groups in total. The van der Waals surface area contributed by atoms with E-state index in [-0.39, 0.29) is 5.91 Å². The Hall–Kier alpha value is -1.43. The third-order valence-electron chi connectivity index (χ3n) is 3.28. The Morgan fingerprint density at radius 1 is 1.61 bits per heavy atom. The van der Waals surface area contributed by atoms with Crippen molar-refractivity contribution in [1.29, 1.82) is 0 Å². The minimum atomic E-state index is 0.223. The molecular weight excluding hydrogens is 230 g/mol. The van der Waals surface area contributed by atoms with Crippen molar-refractivity contribution in [1.82, 2.24) is 25.0 Å². The lowest BCUT2D eigenvalue weighted by atomic mass is 10.2. The number of amides is 1. The summed E-state index contributed by atoms with van der Waals surface area (Å²) in [5, 5.41) is 7.33. The van der Waals surface area contributed by atoms with Crippen LogP contribution >= 0.6 is 0 Å². The third kappa shape index (κ3) is 3.29. The van der Waals surface area contributed by atoms with Crippen LogP contribution in [0.3, 0.4) is 0 Å². The fourth-order valence-electron chi connectivity index (χ4n) is 2.36. The fraction of sp³-hybridized carbons (Fsp3) is 0.750. The van der Waals surface area contributed by atoms with Crippen LogP contribution in [0.1, 0.15) is 26.2 Å². The van der Waals surface area contributed by atoms with E-state index in [1.165, 1.54) is 6.33 Å². The minimum absolute atomic E-state index is 0.223. The van der Waals surface area contributed by atoms with Gasteiger partial charge in [-0.15, -0.1) is 0 Å². The molecule has 0 aromatic carbocycles. The summed E-state index contributed by atoms with van der Waals surface area (Å²) in [7, 11) is 0. The van der Waals surface area contributed by atoms with Crippen molar-refractivity contribution in [3.8, 4) is 0 Å². The summed E-state index contributed by atoms with van der Waals surface area (Å²) >= 11 is 0. The monoisotopic (exact) mass is 251 g/mol. The number of aromatic nitrogens is 3. The van der Waals surface area contributed by atoms with Gasteiger partial charge in [0.05, 0.1) is 6.54 Å². The fourth-order valence-corrected chi connectivity index (χ4v) is 2.36. The van der Waals surface area contributed by atoms with E-state index in [2.05, 4.69) is 22.3 Å². The molecular formula is C12H21N5O. The van der Waals surface area contributed by atoms with E-state index in [1.807, 2.05) is 4.90 Å². The molecule has 1 saturated heterocycles. The van der Waals surface area contributed by atoms with Gasteiger partial charge in [0.2, 0.25) is 5.91 Å². The van der Waals surface area contributed by atoms with E-state index in [4.69, 9.17) is 0 Å². The molecule has 2 heterocycles. The number of hydrogen-bond acceptors (Lipinski definition) is 4. The summed E-state index contributed by atoms with van der Waals surface area (Å²) in [6.45, 7) is 5.51. The number of carbonyl (C=O) groups excluding carboxylic acids is 1. The lowest BCUT2D eigenvalue weighted by molar-refractivity contribution is -0.133. The summed E-state index contributed by atoms with van der Waals surface area (Å²) < 4.78 is 1.70. The van der Waals surface area contributed by atoms with E-state index in [0.717, 1.165) is 32.5 Å². The summed E-state index contributed by atoms with van der Waals surface area (Å²) in [6, 6.07) is 0.369. The molecule has 6 heteroatoms. The number of aryl methyl sites for hydroxylation is 1. The highest BCUT2D eigenvalue weighted by Gasteiger charge is 2.25. The summed E-state index contributed by atoms with van der Waals surface area (Å²) in [5.41, 5.74) is 0. The Morgan fingerprint density at radius 3 is 3.11 bits per heavy atom. The van der Waals surface area contributed by atoms with Gasteiger partial charge < -0.3 is 10.2 Å². The van der Waals surface area contributed by atoms with Crippen LogP contribution in [0.2, 0.25) is 0 Å². The predicted molar refractivity (Wildman–Crippen MR) is 67.9 cm³/mol. The van der Waals surface area contributed by atoms with Gasteiger partial charge in [0, 0.05) is 25.6 Å². The molecule has 100 valence electrons. The van der Waals surface area contributed by atoms with Gasteiger partial charge in [-0.05, 0) is 19.4 Å². The first-order chi connectivity index (χ1) is 8.81. The molecule has 0 radical (unpaired) electrons. The van der Waals surface area contributed by atoms with Crippen LogP contribution in [0.15, 0.2) is 12.7 Å². The van der Waals surface area contributed by atoms with Crippen LogP contribution in [0.25, 0.3) is 0 Å². The Morgan fingerprint density at radius 2 is 2.50 bits per heavy atom. The van der Waals surface area contributed by atoms with E-state index in [9.17, 15) is 4.79 Å². The lowest BCUT2D eigenvalue weighted by Gasteiger charge is -2.28. The molecule has 1 unspecified atom stereocenters. The SMILES string of the molecule is CCCN(C(=O)CCn1cncn1)C1CCNC1. The highest BCUT2D eigenvalue weighted by atomic mass is 16.2. The average Bonchev–Trinajstić information content (AvgIpc) is 3.05. The molecule has 1 atom stereocenters. The third-order valence-corrected chi connectivity index (χ3v) is 3.28. The van der Waals surface area contributed by atoms with Crippen molar-refractivity contribution >= 4 is 5.91 Å². The highest BCUT2D eigenvalue weighted by molar-refractivity contribution is 5.76. The molecule has 0 spiro atoms. The van der Waals surface area contributed by atoms with Gasteiger partial charge in [0.1, 0.15) is 12.7 Å². The van der Waals surface area contributed by atoms with E-state index in [1.54, 1.807) is 11.0 Å². The summed E-state index contributed by atoms with van der Waals surface area (Å²) in [4.78, 5) is 18.2. The Balaban J connectivity index is 1.86. The average molecular weight is 251 g/mol.